The predicted octanol–water partition coefficient (Wildman–Crippen LogP) is 5.13. The van der Waals surface area contributed by atoms with Gasteiger partial charge in [0.25, 0.3) is 0 Å². The molecule has 0 bridgehead atoms. The molecule has 0 atom stereocenters. The van der Waals surface area contributed by atoms with Crippen LogP contribution < -0.4 is 5.73 Å². The van der Waals surface area contributed by atoms with Gasteiger partial charge < -0.3 is 15.2 Å². The monoisotopic (exact) mass is 507 g/mol. The summed E-state index contributed by atoms with van der Waals surface area (Å²) < 4.78 is 12.1. The van der Waals surface area contributed by atoms with Gasteiger partial charge in [0.15, 0.2) is 9.05 Å². The summed E-state index contributed by atoms with van der Waals surface area (Å²) in [5.41, 5.74) is 10.4. The number of hydrogen-bond acceptors (Lipinski definition) is 9. The van der Waals surface area contributed by atoms with Crippen LogP contribution in [-0.2, 0) is 9.47 Å². The summed E-state index contributed by atoms with van der Waals surface area (Å²) in [7, 11) is 2.74. The molecule has 0 unspecified atom stereocenters. The molecule has 0 fully saturated rings. The first-order valence-corrected chi connectivity index (χ1v) is 11.1. The Balaban J connectivity index is 0.000000171. The molecule has 0 amide bonds. The fraction of sp³-hybridized carbons (Fsp3) is 0.200. The van der Waals surface area contributed by atoms with Crippen molar-refractivity contribution in [1.82, 2.24) is 9.97 Å². The van der Waals surface area contributed by atoms with E-state index in [0.717, 1.165) is 35.5 Å². The summed E-state index contributed by atoms with van der Waals surface area (Å²) in [5, 5.41) is 0.509. The predicted molar refractivity (Wildman–Crippen MR) is 124 cm³/mol. The van der Waals surface area contributed by atoms with E-state index in [4.69, 9.17) is 5.73 Å². The Bertz CT molecular complexity index is 1170. The quantitative estimate of drug-likeness (QED) is 0.375. The number of carbonyl (C=O) groups excluding carboxylic acids is 2. The number of fused-ring (bicyclic) bond motifs is 2. The molecule has 2 aromatic carbocycles. The van der Waals surface area contributed by atoms with Gasteiger partial charge in [-0.2, -0.15) is 0 Å². The molecule has 0 aliphatic heterocycles. The number of rotatable bonds is 2. The molecule has 10 heteroatoms. The minimum absolute atomic E-state index is 0.315. The first kappa shape index (κ1) is 22.1. The van der Waals surface area contributed by atoms with Gasteiger partial charge in [0, 0.05) is 0 Å². The number of anilines is 1. The molecule has 0 aliphatic carbocycles. The zero-order valence-electron chi connectivity index (χ0n) is 16.6. The first-order chi connectivity index (χ1) is 14.2. The molecule has 4 rings (SSSR count). The molecule has 0 saturated carbocycles. The highest BCUT2D eigenvalue weighted by atomic mass is 79.9. The van der Waals surface area contributed by atoms with E-state index in [9.17, 15) is 9.59 Å². The fourth-order valence-electron chi connectivity index (χ4n) is 2.86. The third kappa shape index (κ3) is 4.61. The topological polar surface area (TPSA) is 104 Å². The number of thiazole rings is 2. The van der Waals surface area contributed by atoms with E-state index < -0.39 is 0 Å². The maximum atomic E-state index is 11.4. The maximum absolute atomic E-state index is 11.4. The van der Waals surface area contributed by atoms with Crippen LogP contribution in [0, 0.1) is 13.8 Å². The van der Waals surface area contributed by atoms with Gasteiger partial charge in [-0.25, -0.2) is 19.6 Å². The number of halogens is 1. The molecule has 0 spiro atoms. The molecule has 4 aromatic rings. The Labute approximate surface area is 189 Å². The highest BCUT2D eigenvalue weighted by Crippen LogP contribution is 2.30. The van der Waals surface area contributed by atoms with Gasteiger partial charge in [0.2, 0.25) is 0 Å². The van der Waals surface area contributed by atoms with Crippen LogP contribution in [-0.4, -0.2) is 36.1 Å². The lowest BCUT2D eigenvalue weighted by molar-refractivity contribution is 0.0592. The van der Waals surface area contributed by atoms with E-state index in [-0.39, 0.29) is 11.9 Å². The summed E-state index contributed by atoms with van der Waals surface area (Å²) in [5.74, 6) is -0.656. The van der Waals surface area contributed by atoms with Crippen molar-refractivity contribution in [1.29, 1.82) is 0 Å². The number of methoxy groups -OCH3 is 2. The highest BCUT2D eigenvalue weighted by molar-refractivity contribution is 9.11. The Kier molecular flexibility index (Phi) is 6.69. The van der Waals surface area contributed by atoms with E-state index in [0.29, 0.717) is 16.3 Å². The summed E-state index contributed by atoms with van der Waals surface area (Å²) in [6.45, 7) is 3.83. The molecular formula is C20H18BrN3O4S2. The summed E-state index contributed by atoms with van der Waals surface area (Å²) in [6, 6.07) is 7.10. The summed E-state index contributed by atoms with van der Waals surface area (Å²) >= 11 is 6.20. The number of nitrogen functional groups attached to an aromatic ring is 1. The van der Waals surface area contributed by atoms with Crippen LogP contribution in [0.2, 0.25) is 0 Å². The largest absolute Gasteiger partial charge is 0.465 e. The lowest BCUT2D eigenvalue weighted by Gasteiger charge is -2.00. The number of carbonyl (C=O) groups is 2. The van der Waals surface area contributed by atoms with E-state index >= 15 is 0 Å². The highest BCUT2D eigenvalue weighted by Gasteiger charge is 2.12. The van der Waals surface area contributed by atoms with Crippen molar-refractivity contribution >= 4 is 76.1 Å². The maximum Gasteiger partial charge on any atom is 0.337 e. The van der Waals surface area contributed by atoms with Crippen molar-refractivity contribution in [3.8, 4) is 0 Å². The van der Waals surface area contributed by atoms with Crippen molar-refractivity contribution < 1.29 is 19.1 Å². The van der Waals surface area contributed by atoms with Gasteiger partial charge >= 0.3 is 11.9 Å². The summed E-state index contributed by atoms with van der Waals surface area (Å²) in [4.78, 5) is 31.2. The van der Waals surface area contributed by atoms with Crippen LogP contribution >= 0.6 is 38.6 Å². The summed E-state index contributed by atoms with van der Waals surface area (Å²) in [6.07, 6.45) is 0. The molecule has 30 heavy (non-hydrogen) atoms. The van der Waals surface area contributed by atoms with E-state index in [1.165, 1.54) is 36.9 Å². The first-order valence-electron chi connectivity index (χ1n) is 8.63. The minimum atomic E-state index is -0.341. The van der Waals surface area contributed by atoms with Crippen LogP contribution in [0.15, 0.2) is 28.2 Å². The lowest BCUT2D eigenvalue weighted by atomic mass is 10.1. The van der Waals surface area contributed by atoms with Crippen LogP contribution in [0.1, 0.15) is 31.8 Å². The number of benzene rings is 2. The van der Waals surface area contributed by atoms with Gasteiger partial charge in [-0.15, -0.1) is 11.3 Å². The van der Waals surface area contributed by atoms with E-state index in [1.54, 1.807) is 24.3 Å². The zero-order valence-corrected chi connectivity index (χ0v) is 19.8. The number of nitrogens with two attached hydrogens (primary N) is 1. The number of ether oxygens (including phenoxy) is 2. The lowest BCUT2D eigenvalue weighted by Crippen LogP contribution is -2.01. The number of esters is 2. The molecular weight excluding hydrogens is 490 g/mol. The van der Waals surface area contributed by atoms with E-state index in [2.05, 4.69) is 35.4 Å². The van der Waals surface area contributed by atoms with Gasteiger partial charge in [-0.3, -0.25) is 0 Å². The third-order valence-electron chi connectivity index (χ3n) is 4.20. The van der Waals surface area contributed by atoms with Crippen LogP contribution in [0.25, 0.3) is 20.4 Å². The molecule has 0 aliphatic rings. The van der Waals surface area contributed by atoms with Gasteiger partial charge in [-0.1, -0.05) is 11.3 Å². The van der Waals surface area contributed by atoms with Crippen LogP contribution in [0.4, 0.5) is 5.13 Å². The van der Waals surface area contributed by atoms with Crippen molar-refractivity contribution in [3.63, 3.8) is 0 Å². The molecule has 156 valence electrons. The second kappa shape index (κ2) is 9.07. The van der Waals surface area contributed by atoms with Crippen molar-refractivity contribution in [2.45, 2.75) is 13.8 Å². The fourth-order valence-corrected chi connectivity index (χ4v) is 5.21. The van der Waals surface area contributed by atoms with Gasteiger partial charge in [0.05, 0.1) is 45.8 Å². The van der Waals surface area contributed by atoms with Gasteiger partial charge in [-0.05, 0) is 65.2 Å². The minimum Gasteiger partial charge on any atom is -0.465 e. The van der Waals surface area contributed by atoms with Crippen molar-refractivity contribution in [2.24, 2.45) is 0 Å². The Morgan fingerprint density at radius 3 is 1.83 bits per heavy atom. The Morgan fingerprint density at radius 2 is 1.33 bits per heavy atom. The van der Waals surface area contributed by atoms with Crippen LogP contribution in [0.3, 0.4) is 0 Å². The van der Waals surface area contributed by atoms with Gasteiger partial charge in [0.1, 0.15) is 0 Å². The SMILES string of the molecule is COC(=O)c1cc(C)c2nc(Br)sc2c1.COC(=O)c1cc(C)c2nc(N)sc2c1. The second-order valence-electron chi connectivity index (χ2n) is 6.28. The second-order valence-corrected chi connectivity index (χ2v) is 9.65. The molecule has 0 radical (unpaired) electrons. The molecule has 0 saturated heterocycles. The van der Waals surface area contributed by atoms with Crippen LogP contribution in [0.5, 0.6) is 0 Å². The van der Waals surface area contributed by atoms with E-state index in [1.807, 2.05) is 13.8 Å². The standard InChI is InChI=1S/C10H8BrNO2S.C10H10N2O2S/c2*1-5-3-6(9(13)14-2)4-7-8(5)12-10(11)15-7/h3-4H,1-2H3;3-4H,1-2H3,(H2,11,12). The average molecular weight is 508 g/mol. The number of aromatic nitrogens is 2. The molecule has 2 heterocycles. The number of aryl methyl sites for hydroxylation is 2. The molecule has 7 nitrogen and oxygen atoms in total. The number of hydrogen-bond donors (Lipinski definition) is 1. The molecule has 2 aromatic heterocycles. The van der Waals surface area contributed by atoms with Crippen molar-refractivity contribution in [3.05, 3.63) is 50.4 Å². The smallest absolute Gasteiger partial charge is 0.337 e. The zero-order chi connectivity index (χ0) is 22.0. The number of nitrogens with zero attached hydrogens (tertiary/aromatic N) is 2. The average Bonchev–Trinajstić information content (AvgIpc) is 3.28. The normalized spacial score (nSPS) is 10.6. The molecule has 2 N–H and O–H groups in total. The Hall–Kier alpha value is -2.56. The van der Waals surface area contributed by atoms with Crippen molar-refractivity contribution in [2.75, 3.05) is 20.0 Å². The third-order valence-corrected chi connectivity index (χ3v) is 6.49. The Morgan fingerprint density at radius 1 is 0.867 bits per heavy atom.